The molecule has 6 nitrogen and oxygen atoms in total. The monoisotopic (exact) mass is 272 g/mol. The molecule has 1 aliphatic carbocycles. The van der Waals surface area contributed by atoms with Gasteiger partial charge < -0.3 is 5.11 Å². The average Bonchev–Trinajstić information content (AvgIpc) is 3.21. The summed E-state index contributed by atoms with van der Waals surface area (Å²) in [6, 6.07) is 4.26. The molecule has 0 bridgehead atoms. The minimum atomic E-state index is -1.08. The van der Waals surface area contributed by atoms with Gasteiger partial charge in [0.15, 0.2) is 0 Å². The number of carbonyl (C=O) groups is 1. The summed E-state index contributed by atoms with van der Waals surface area (Å²) in [5.41, 5.74) is 1.91. The minimum absolute atomic E-state index is 0.0868. The molecule has 102 valence electrons. The van der Waals surface area contributed by atoms with E-state index in [0.717, 1.165) is 18.5 Å². The van der Waals surface area contributed by atoms with Crippen LogP contribution in [0.5, 0.6) is 0 Å². The molecule has 1 fully saturated rings. The van der Waals surface area contributed by atoms with Crippen LogP contribution < -0.4 is 0 Å². The number of aryl methyl sites for hydroxylation is 1. The van der Waals surface area contributed by atoms with Crippen LogP contribution in [0.1, 0.15) is 40.4 Å². The number of benzene rings is 1. The number of aromatic nitrogens is 1. The molecule has 0 saturated heterocycles. The summed E-state index contributed by atoms with van der Waals surface area (Å²) in [5.74, 6) is -0.758. The van der Waals surface area contributed by atoms with Gasteiger partial charge in [0.25, 0.3) is 5.69 Å². The Balaban J connectivity index is 2.35. The van der Waals surface area contributed by atoms with Crippen molar-refractivity contribution in [2.45, 2.75) is 25.7 Å². The number of nitrogens with zero attached hydrogens (tertiary/aromatic N) is 2. The molecule has 2 aromatic rings. The van der Waals surface area contributed by atoms with Gasteiger partial charge in [-0.1, -0.05) is 0 Å². The number of nitro benzene ring substituents is 1. The van der Waals surface area contributed by atoms with Crippen molar-refractivity contribution >= 4 is 22.6 Å². The van der Waals surface area contributed by atoms with E-state index in [2.05, 4.69) is 4.98 Å². The normalized spacial score (nSPS) is 14.4. The molecule has 1 saturated carbocycles. The van der Waals surface area contributed by atoms with Crippen molar-refractivity contribution in [2.75, 3.05) is 0 Å². The van der Waals surface area contributed by atoms with Crippen molar-refractivity contribution in [2.24, 2.45) is 0 Å². The summed E-state index contributed by atoms with van der Waals surface area (Å²) >= 11 is 0. The number of rotatable bonds is 3. The Hall–Kier alpha value is -2.50. The van der Waals surface area contributed by atoms with Gasteiger partial charge in [0, 0.05) is 29.1 Å². The molecule has 1 aliphatic rings. The highest BCUT2D eigenvalue weighted by Crippen LogP contribution is 2.40. The Morgan fingerprint density at radius 2 is 2.10 bits per heavy atom. The zero-order chi connectivity index (χ0) is 14.4. The van der Waals surface area contributed by atoms with Crippen LogP contribution in [0, 0.1) is 17.0 Å². The van der Waals surface area contributed by atoms with Gasteiger partial charge in [-0.3, -0.25) is 15.1 Å². The number of fused-ring (bicyclic) bond motifs is 1. The first-order valence-electron chi connectivity index (χ1n) is 6.30. The molecule has 1 aromatic heterocycles. The number of hydrogen-bond donors (Lipinski definition) is 1. The SMILES string of the molecule is Cc1cc([N+](=O)[O-])cc2c(C(=O)O)cc(C3CC3)nc12. The Morgan fingerprint density at radius 3 is 2.65 bits per heavy atom. The maximum Gasteiger partial charge on any atom is 0.336 e. The smallest absolute Gasteiger partial charge is 0.336 e. The van der Waals surface area contributed by atoms with E-state index in [4.69, 9.17) is 0 Å². The van der Waals surface area contributed by atoms with Crippen molar-refractivity contribution < 1.29 is 14.8 Å². The van der Waals surface area contributed by atoms with Crippen LogP contribution >= 0.6 is 0 Å². The van der Waals surface area contributed by atoms with Crippen molar-refractivity contribution in [3.63, 3.8) is 0 Å². The van der Waals surface area contributed by atoms with Crippen LogP contribution in [-0.2, 0) is 0 Å². The lowest BCUT2D eigenvalue weighted by atomic mass is 10.0. The van der Waals surface area contributed by atoms with Crippen LogP contribution in [0.3, 0.4) is 0 Å². The fourth-order valence-electron chi connectivity index (χ4n) is 2.37. The van der Waals surface area contributed by atoms with Crippen molar-refractivity contribution in [1.29, 1.82) is 0 Å². The van der Waals surface area contributed by atoms with E-state index < -0.39 is 10.9 Å². The van der Waals surface area contributed by atoms with Crippen LogP contribution in [0.15, 0.2) is 18.2 Å². The summed E-state index contributed by atoms with van der Waals surface area (Å²) in [5, 5.41) is 20.6. The lowest BCUT2D eigenvalue weighted by molar-refractivity contribution is -0.384. The third kappa shape index (κ3) is 1.99. The topological polar surface area (TPSA) is 93.3 Å². The predicted octanol–water partition coefficient (Wildman–Crippen LogP) is 3.03. The van der Waals surface area contributed by atoms with E-state index in [1.54, 1.807) is 13.0 Å². The zero-order valence-electron chi connectivity index (χ0n) is 10.8. The number of carboxylic acid groups (broad SMARTS) is 1. The van der Waals surface area contributed by atoms with Crippen molar-refractivity contribution in [1.82, 2.24) is 4.98 Å². The standard InChI is InChI=1S/C14H12N2O4/c1-7-4-9(16(19)20)5-10-11(14(17)18)6-12(8-2-3-8)15-13(7)10/h4-6,8H,2-3H2,1H3,(H,17,18). The van der Waals surface area contributed by atoms with E-state index in [9.17, 15) is 20.0 Å². The third-order valence-corrected chi connectivity index (χ3v) is 3.55. The second-order valence-corrected chi connectivity index (χ2v) is 5.09. The number of nitro groups is 1. The van der Waals surface area contributed by atoms with E-state index in [1.807, 2.05) is 0 Å². The maximum atomic E-state index is 11.4. The Morgan fingerprint density at radius 1 is 1.40 bits per heavy atom. The van der Waals surface area contributed by atoms with Gasteiger partial charge in [0.2, 0.25) is 0 Å². The van der Waals surface area contributed by atoms with Crippen LogP contribution in [0.2, 0.25) is 0 Å². The molecule has 1 N–H and O–H groups in total. The van der Waals surface area contributed by atoms with E-state index >= 15 is 0 Å². The van der Waals surface area contributed by atoms with Crippen LogP contribution in [0.25, 0.3) is 10.9 Å². The second kappa shape index (κ2) is 4.26. The first-order chi connectivity index (χ1) is 9.47. The van der Waals surface area contributed by atoms with Crippen LogP contribution in [0.4, 0.5) is 5.69 Å². The molecule has 0 atom stereocenters. The highest BCUT2D eigenvalue weighted by molar-refractivity contribution is 6.04. The largest absolute Gasteiger partial charge is 0.478 e. The van der Waals surface area contributed by atoms with E-state index in [0.29, 0.717) is 22.4 Å². The average molecular weight is 272 g/mol. The number of pyridine rings is 1. The summed E-state index contributed by atoms with van der Waals surface area (Å²) < 4.78 is 0. The summed E-state index contributed by atoms with van der Waals surface area (Å²) in [7, 11) is 0. The molecule has 0 spiro atoms. The lowest BCUT2D eigenvalue weighted by Gasteiger charge is -2.08. The molecular formula is C14H12N2O4. The summed E-state index contributed by atoms with van der Waals surface area (Å²) in [4.78, 5) is 26.3. The van der Waals surface area contributed by atoms with Crippen molar-refractivity contribution in [3.05, 3.63) is 45.1 Å². The molecule has 0 amide bonds. The van der Waals surface area contributed by atoms with E-state index in [1.165, 1.54) is 12.1 Å². The summed E-state index contributed by atoms with van der Waals surface area (Å²) in [6.07, 6.45) is 2.03. The molecule has 0 unspecified atom stereocenters. The van der Waals surface area contributed by atoms with Gasteiger partial charge in [-0.15, -0.1) is 0 Å². The third-order valence-electron chi connectivity index (χ3n) is 3.55. The first-order valence-corrected chi connectivity index (χ1v) is 6.30. The number of carboxylic acids is 1. The van der Waals surface area contributed by atoms with E-state index in [-0.39, 0.29) is 11.3 Å². The fourth-order valence-corrected chi connectivity index (χ4v) is 2.37. The van der Waals surface area contributed by atoms with Gasteiger partial charge in [0.1, 0.15) is 0 Å². The Kier molecular flexibility index (Phi) is 2.67. The van der Waals surface area contributed by atoms with Gasteiger partial charge in [-0.2, -0.15) is 0 Å². The maximum absolute atomic E-state index is 11.4. The van der Waals surface area contributed by atoms with Gasteiger partial charge in [-0.05, 0) is 31.4 Å². The molecule has 1 aromatic carbocycles. The lowest BCUT2D eigenvalue weighted by Crippen LogP contribution is -2.03. The molecule has 20 heavy (non-hydrogen) atoms. The molecule has 0 radical (unpaired) electrons. The van der Waals surface area contributed by atoms with Gasteiger partial charge in [-0.25, -0.2) is 4.79 Å². The van der Waals surface area contributed by atoms with Crippen LogP contribution in [-0.4, -0.2) is 21.0 Å². The molecule has 0 aliphatic heterocycles. The molecule has 6 heteroatoms. The highest BCUT2D eigenvalue weighted by atomic mass is 16.6. The Labute approximate surface area is 114 Å². The highest BCUT2D eigenvalue weighted by Gasteiger charge is 2.27. The quantitative estimate of drug-likeness (QED) is 0.684. The summed E-state index contributed by atoms with van der Waals surface area (Å²) in [6.45, 7) is 1.71. The van der Waals surface area contributed by atoms with Gasteiger partial charge >= 0.3 is 5.97 Å². The number of non-ortho nitro benzene ring substituents is 1. The molecular weight excluding hydrogens is 260 g/mol. The second-order valence-electron chi connectivity index (χ2n) is 5.09. The minimum Gasteiger partial charge on any atom is -0.478 e. The molecule has 3 rings (SSSR count). The fraction of sp³-hybridized carbons (Fsp3) is 0.286. The zero-order valence-corrected chi connectivity index (χ0v) is 10.8. The Bertz CT molecular complexity index is 750. The predicted molar refractivity (Wildman–Crippen MR) is 72.1 cm³/mol. The van der Waals surface area contributed by atoms with Gasteiger partial charge in [0.05, 0.1) is 16.0 Å². The molecule has 1 heterocycles. The number of aromatic carboxylic acids is 1. The van der Waals surface area contributed by atoms with Crippen molar-refractivity contribution in [3.8, 4) is 0 Å². The first kappa shape index (κ1) is 12.5. The number of hydrogen-bond acceptors (Lipinski definition) is 4.